The number of nitrogens with zero attached hydrogens (tertiary/aromatic N) is 3. The lowest BCUT2D eigenvalue weighted by molar-refractivity contribution is -0.0108. The fourth-order valence-electron chi connectivity index (χ4n) is 3.73. The summed E-state index contributed by atoms with van der Waals surface area (Å²) in [5.74, 6) is -0.999. The van der Waals surface area contributed by atoms with Gasteiger partial charge in [0.15, 0.2) is 16.8 Å². The molecule has 0 aliphatic carbocycles. The largest absolute Gasteiger partial charge is 0.504 e. The van der Waals surface area contributed by atoms with Gasteiger partial charge in [-0.2, -0.15) is 0 Å². The average Bonchev–Trinajstić information content (AvgIpc) is 3.02. The topological polar surface area (TPSA) is 195 Å². The van der Waals surface area contributed by atoms with Crippen molar-refractivity contribution in [3.8, 4) is 22.8 Å². The maximum atomic E-state index is 12.4. The number of nitrogens with one attached hydrogen (secondary N) is 1. The zero-order valence-electron chi connectivity index (χ0n) is 23.7. The third-order valence-electron chi connectivity index (χ3n) is 5.91. The number of benzene rings is 2. The Morgan fingerprint density at radius 2 is 1.42 bits per heavy atom. The fraction of sp³-hybridized carbons (Fsp3) is 0.448. The number of hydrogen-bond donors (Lipinski definition) is 3. The summed E-state index contributed by atoms with van der Waals surface area (Å²) in [6, 6.07) is 10.3. The molecule has 2 aromatic carbocycles. The van der Waals surface area contributed by atoms with Crippen molar-refractivity contribution in [3.63, 3.8) is 0 Å². The number of phenols is 2. The second-order valence-electron chi connectivity index (χ2n) is 8.99. The minimum atomic E-state index is -0.510. The molecule has 0 aliphatic rings. The molecule has 0 spiro atoms. The van der Waals surface area contributed by atoms with E-state index in [1.807, 2.05) is 0 Å². The molecule has 1 amide bonds. The fourth-order valence-corrected chi connectivity index (χ4v) is 3.73. The molecule has 0 bridgehead atoms. The van der Waals surface area contributed by atoms with Crippen LogP contribution in [-0.4, -0.2) is 95.3 Å². The second-order valence-corrected chi connectivity index (χ2v) is 8.99. The summed E-state index contributed by atoms with van der Waals surface area (Å²) < 4.78 is 32.7. The van der Waals surface area contributed by atoms with E-state index in [1.165, 1.54) is 18.2 Å². The zero-order chi connectivity index (χ0) is 30.7. The standard InChI is InChI=1S/C29H36N4O10/c30-33-32-8-1-10-38-12-14-40-16-18-42-19-17-41-15-13-39-11-9-31-29(37)22-4-2-21(3-5-22)26-20-25(35)23-6-7-24(34)27(36)28(23)43-26/h2-7,20,34,36H,1,8-19H2,(H,31,37). The van der Waals surface area contributed by atoms with E-state index in [0.29, 0.717) is 96.7 Å². The first-order valence-corrected chi connectivity index (χ1v) is 13.8. The van der Waals surface area contributed by atoms with Crippen molar-refractivity contribution in [1.82, 2.24) is 5.32 Å². The Morgan fingerprint density at radius 1 is 0.837 bits per heavy atom. The minimum absolute atomic E-state index is 0.111. The Kier molecular flexibility index (Phi) is 14.8. The molecule has 1 heterocycles. The van der Waals surface area contributed by atoms with Crippen LogP contribution in [-0.2, 0) is 23.7 Å². The molecule has 0 unspecified atom stereocenters. The molecule has 3 N–H and O–H groups in total. The maximum Gasteiger partial charge on any atom is 0.251 e. The molecule has 43 heavy (non-hydrogen) atoms. The summed E-state index contributed by atoms with van der Waals surface area (Å²) in [5, 5.41) is 26.1. The highest BCUT2D eigenvalue weighted by molar-refractivity contribution is 5.94. The van der Waals surface area contributed by atoms with E-state index in [4.69, 9.17) is 33.6 Å². The summed E-state index contributed by atoms with van der Waals surface area (Å²) >= 11 is 0. The van der Waals surface area contributed by atoms with Gasteiger partial charge in [-0.25, -0.2) is 0 Å². The van der Waals surface area contributed by atoms with Crippen molar-refractivity contribution < 1.29 is 43.1 Å². The molecule has 0 radical (unpaired) electrons. The molecule has 0 saturated heterocycles. The molecule has 14 heteroatoms. The number of phenolic OH excluding ortho intramolecular Hbond substituents is 2. The van der Waals surface area contributed by atoms with Gasteiger partial charge in [0.25, 0.3) is 5.91 Å². The van der Waals surface area contributed by atoms with E-state index in [-0.39, 0.29) is 28.1 Å². The summed E-state index contributed by atoms with van der Waals surface area (Å²) in [4.78, 5) is 27.5. The summed E-state index contributed by atoms with van der Waals surface area (Å²) in [6.45, 7) is 5.09. The van der Waals surface area contributed by atoms with Gasteiger partial charge in [-0.05, 0) is 36.2 Å². The Labute approximate surface area is 247 Å². The smallest absolute Gasteiger partial charge is 0.251 e. The molecular formula is C29H36N4O10. The lowest BCUT2D eigenvalue weighted by Gasteiger charge is -2.09. The third-order valence-corrected chi connectivity index (χ3v) is 5.91. The number of aromatic hydroxyl groups is 2. The SMILES string of the molecule is [N-]=[N+]=NCCCOCCOCCOCCOCCOCCNC(=O)c1ccc(-c2cc(=O)c3ccc(O)c(O)c3o2)cc1. The van der Waals surface area contributed by atoms with Gasteiger partial charge >= 0.3 is 0 Å². The van der Waals surface area contributed by atoms with Crippen molar-refractivity contribution in [1.29, 1.82) is 0 Å². The van der Waals surface area contributed by atoms with Gasteiger partial charge in [0.05, 0.1) is 64.8 Å². The first-order chi connectivity index (χ1) is 21.0. The first-order valence-electron chi connectivity index (χ1n) is 13.8. The lowest BCUT2D eigenvalue weighted by atomic mass is 10.1. The first kappa shape index (κ1) is 33.3. The van der Waals surface area contributed by atoms with Gasteiger partial charge in [-0.1, -0.05) is 17.2 Å². The van der Waals surface area contributed by atoms with Crippen LogP contribution in [0.3, 0.4) is 0 Å². The van der Waals surface area contributed by atoms with Crippen LogP contribution in [0.4, 0.5) is 0 Å². The molecule has 0 fully saturated rings. The van der Waals surface area contributed by atoms with Crippen LogP contribution in [0.25, 0.3) is 32.7 Å². The Bertz CT molecular complexity index is 1390. The molecule has 232 valence electrons. The highest BCUT2D eigenvalue weighted by Crippen LogP contribution is 2.34. The lowest BCUT2D eigenvalue weighted by Crippen LogP contribution is -2.27. The van der Waals surface area contributed by atoms with E-state index < -0.39 is 11.5 Å². The third kappa shape index (κ3) is 11.6. The van der Waals surface area contributed by atoms with Crippen LogP contribution in [0.5, 0.6) is 11.5 Å². The van der Waals surface area contributed by atoms with E-state index in [9.17, 15) is 19.8 Å². The van der Waals surface area contributed by atoms with Gasteiger partial charge in [-0.3, -0.25) is 9.59 Å². The van der Waals surface area contributed by atoms with Crippen LogP contribution < -0.4 is 10.7 Å². The normalized spacial score (nSPS) is 11.0. The van der Waals surface area contributed by atoms with Crippen LogP contribution >= 0.6 is 0 Å². The molecular weight excluding hydrogens is 564 g/mol. The van der Waals surface area contributed by atoms with Crippen molar-refractivity contribution in [2.45, 2.75) is 6.42 Å². The monoisotopic (exact) mass is 600 g/mol. The number of hydrogen-bond acceptors (Lipinski definition) is 11. The van der Waals surface area contributed by atoms with Gasteiger partial charge < -0.3 is 43.6 Å². The van der Waals surface area contributed by atoms with Crippen LogP contribution in [0.2, 0.25) is 0 Å². The maximum absolute atomic E-state index is 12.4. The molecule has 14 nitrogen and oxygen atoms in total. The van der Waals surface area contributed by atoms with E-state index >= 15 is 0 Å². The minimum Gasteiger partial charge on any atom is -0.504 e. The zero-order valence-corrected chi connectivity index (χ0v) is 23.7. The Morgan fingerprint density at radius 3 is 2.02 bits per heavy atom. The van der Waals surface area contributed by atoms with E-state index in [0.717, 1.165) is 0 Å². The molecule has 3 rings (SSSR count). The van der Waals surface area contributed by atoms with E-state index in [1.54, 1.807) is 24.3 Å². The number of ether oxygens (including phenoxy) is 5. The van der Waals surface area contributed by atoms with E-state index in [2.05, 4.69) is 15.3 Å². The number of rotatable bonds is 21. The molecule has 3 aromatic rings. The Hall–Kier alpha value is -4.17. The number of azide groups is 1. The van der Waals surface area contributed by atoms with Crippen LogP contribution in [0, 0.1) is 0 Å². The number of amides is 1. The summed E-state index contributed by atoms with van der Waals surface area (Å²) in [7, 11) is 0. The molecule has 0 aliphatic heterocycles. The van der Waals surface area contributed by atoms with Crippen molar-refractivity contribution in [3.05, 3.63) is 68.7 Å². The molecule has 1 aromatic heterocycles. The highest BCUT2D eigenvalue weighted by Gasteiger charge is 2.14. The predicted molar refractivity (Wildman–Crippen MR) is 156 cm³/mol. The average molecular weight is 601 g/mol. The summed E-state index contributed by atoms with van der Waals surface area (Å²) in [5.41, 5.74) is 8.61. The van der Waals surface area contributed by atoms with Crippen molar-refractivity contribution >= 4 is 16.9 Å². The molecule has 0 atom stereocenters. The van der Waals surface area contributed by atoms with Crippen LogP contribution in [0.1, 0.15) is 16.8 Å². The van der Waals surface area contributed by atoms with Gasteiger partial charge in [0.2, 0.25) is 5.75 Å². The van der Waals surface area contributed by atoms with Gasteiger partial charge in [0.1, 0.15) is 5.76 Å². The van der Waals surface area contributed by atoms with Gasteiger partial charge in [-0.15, -0.1) is 0 Å². The van der Waals surface area contributed by atoms with Crippen molar-refractivity contribution in [2.75, 3.05) is 79.2 Å². The Balaban J connectivity index is 1.20. The predicted octanol–water partition coefficient (Wildman–Crippen LogP) is 3.38. The quantitative estimate of drug-likeness (QED) is 0.0536. The second kappa shape index (κ2) is 19.1. The molecule has 0 saturated carbocycles. The number of carbonyl (C=O) groups excluding carboxylic acids is 1. The summed E-state index contributed by atoms with van der Waals surface area (Å²) in [6.07, 6.45) is 0.687. The van der Waals surface area contributed by atoms with Crippen molar-refractivity contribution in [2.24, 2.45) is 5.11 Å². The van der Waals surface area contributed by atoms with Gasteiger partial charge in [0, 0.05) is 41.8 Å². The number of fused-ring (bicyclic) bond motifs is 1. The number of carbonyl (C=O) groups is 1. The van der Waals surface area contributed by atoms with Crippen LogP contribution in [0.15, 0.2) is 56.8 Å². The highest BCUT2D eigenvalue weighted by atomic mass is 16.6.